The molecule has 0 fully saturated rings. The summed E-state index contributed by atoms with van der Waals surface area (Å²) in [7, 11) is 1.99. The lowest BCUT2D eigenvalue weighted by atomic mass is 10.2. The Morgan fingerprint density at radius 3 is 3.11 bits per heavy atom. The lowest BCUT2D eigenvalue weighted by Crippen LogP contribution is -2.21. The minimum Gasteiger partial charge on any atom is -0.367 e. The van der Waals surface area contributed by atoms with E-state index in [1.807, 2.05) is 31.6 Å². The number of anilines is 2. The molecule has 6 heteroatoms. The first kappa shape index (κ1) is 12.9. The molecule has 0 aromatic carbocycles. The molecule has 0 saturated carbocycles. The predicted molar refractivity (Wildman–Crippen MR) is 73.9 cm³/mol. The van der Waals surface area contributed by atoms with Gasteiger partial charge in [0.05, 0.1) is 6.07 Å². The van der Waals surface area contributed by atoms with Gasteiger partial charge in [-0.2, -0.15) is 5.26 Å². The Kier molecular flexibility index (Phi) is 4.34. The van der Waals surface area contributed by atoms with E-state index in [2.05, 4.69) is 31.2 Å². The number of nitrogens with one attached hydrogen (secondary N) is 2. The Bertz CT molecular complexity index is 543. The highest BCUT2D eigenvalue weighted by Gasteiger charge is 2.04. The molecule has 0 aliphatic carbocycles. The molecule has 0 aliphatic rings. The summed E-state index contributed by atoms with van der Waals surface area (Å²) in [5.74, 6) is 1.51. The number of nitriles is 1. The molecule has 2 rings (SSSR count). The summed E-state index contributed by atoms with van der Waals surface area (Å²) in [5.41, 5.74) is 1.27. The fourth-order valence-corrected chi connectivity index (χ4v) is 1.71. The van der Waals surface area contributed by atoms with E-state index in [0.717, 1.165) is 18.8 Å². The first-order chi connectivity index (χ1) is 9.29. The van der Waals surface area contributed by atoms with Gasteiger partial charge in [0.25, 0.3) is 0 Å². The molecule has 2 heterocycles. The molecule has 2 N–H and O–H groups in total. The van der Waals surface area contributed by atoms with Gasteiger partial charge in [-0.25, -0.2) is 9.97 Å². The van der Waals surface area contributed by atoms with Crippen LogP contribution in [0.25, 0.3) is 0 Å². The molecule has 0 saturated heterocycles. The molecule has 6 nitrogen and oxygen atoms in total. The van der Waals surface area contributed by atoms with Crippen LogP contribution in [0.2, 0.25) is 0 Å². The van der Waals surface area contributed by atoms with Crippen LogP contribution < -0.4 is 10.2 Å². The highest BCUT2D eigenvalue weighted by atomic mass is 15.2. The van der Waals surface area contributed by atoms with Gasteiger partial charge in [0.15, 0.2) is 0 Å². The van der Waals surface area contributed by atoms with E-state index >= 15 is 0 Å². The van der Waals surface area contributed by atoms with E-state index in [0.29, 0.717) is 5.82 Å². The third-order valence-electron chi connectivity index (χ3n) is 2.79. The number of hydrogen-bond donors (Lipinski definition) is 2. The summed E-state index contributed by atoms with van der Waals surface area (Å²) in [4.78, 5) is 13.4. The third-order valence-corrected chi connectivity index (χ3v) is 2.79. The lowest BCUT2D eigenvalue weighted by Gasteiger charge is -2.18. The summed E-state index contributed by atoms with van der Waals surface area (Å²) >= 11 is 0. The molecule has 0 unspecified atom stereocenters. The maximum Gasteiger partial charge on any atom is 0.133 e. The second-order valence-electron chi connectivity index (χ2n) is 4.16. The van der Waals surface area contributed by atoms with Crippen LogP contribution in [0.5, 0.6) is 0 Å². The molecule has 19 heavy (non-hydrogen) atoms. The van der Waals surface area contributed by atoms with Crippen LogP contribution in [0.4, 0.5) is 11.6 Å². The van der Waals surface area contributed by atoms with Crippen molar-refractivity contribution in [2.75, 3.05) is 30.4 Å². The number of H-pyrrole nitrogens is 1. The number of nitrogens with zero attached hydrogens (tertiary/aromatic N) is 4. The van der Waals surface area contributed by atoms with E-state index in [1.165, 1.54) is 11.9 Å². The summed E-state index contributed by atoms with van der Waals surface area (Å²) in [5, 5.41) is 11.4. The molecule has 0 aliphatic heterocycles. The van der Waals surface area contributed by atoms with Gasteiger partial charge in [-0.3, -0.25) is 0 Å². The van der Waals surface area contributed by atoms with E-state index in [1.54, 1.807) is 0 Å². The Labute approximate surface area is 112 Å². The summed E-state index contributed by atoms with van der Waals surface area (Å²) in [6.07, 6.45) is 6.37. The summed E-state index contributed by atoms with van der Waals surface area (Å²) in [6, 6.07) is 5.92. The maximum atomic E-state index is 8.53. The third kappa shape index (κ3) is 3.71. The van der Waals surface area contributed by atoms with Crippen LogP contribution in [-0.4, -0.2) is 35.1 Å². The van der Waals surface area contributed by atoms with Crippen molar-refractivity contribution in [3.63, 3.8) is 0 Å². The van der Waals surface area contributed by atoms with Gasteiger partial charge >= 0.3 is 0 Å². The van der Waals surface area contributed by atoms with Crippen molar-refractivity contribution in [2.24, 2.45) is 0 Å². The topological polar surface area (TPSA) is 80.6 Å². The monoisotopic (exact) mass is 256 g/mol. The number of rotatable bonds is 6. The van der Waals surface area contributed by atoms with Gasteiger partial charge in [-0.15, -0.1) is 0 Å². The number of aromatic amines is 1. The Hall–Kier alpha value is -2.55. The molecular weight excluding hydrogens is 240 g/mol. The molecule has 2 aromatic heterocycles. The van der Waals surface area contributed by atoms with E-state index in [9.17, 15) is 0 Å². The van der Waals surface area contributed by atoms with Crippen LogP contribution >= 0.6 is 0 Å². The minimum atomic E-state index is 0.240. The van der Waals surface area contributed by atoms with Crippen LogP contribution in [0.1, 0.15) is 5.56 Å². The van der Waals surface area contributed by atoms with Crippen molar-refractivity contribution >= 4 is 11.6 Å². The van der Waals surface area contributed by atoms with Crippen molar-refractivity contribution in [1.82, 2.24) is 15.0 Å². The molecule has 0 amide bonds. The molecule has 0 radical (unpaired) electrons. The Morgan fingerprint density at radius 1 is 1.47 bits per heavy atom. The average molecular weight is 256 g/mol. The van der Waals surface area contributed by atoms with Gasteiger partial charge in [-0.05, 0) is 18.1 Å². The number of hydrogen-bond acceptors (Lipinski definition) is 5. The average Bonchev–Trinajstić information content (AvgIpc) is 2.96. The molecule has 0 spiro atoms. The van der Waals surface area contributed by atoms with E-state index < -0.39 is 0 Å². The van der Waals surface area contributed by atoms with Crippen LogP contribution in [0.3, 0.4) is 0 Å². The van der Waals surface area contributed by atoms with Gasteiger partial charge in [0, 0.05) is 32.1 Å². The second kappa shape index (κ2) is 6.40. The largest absolute Gasteiger partial charge is 0.367 e. The van der Waals surface area contributed by atoms with Crippen molar-refractivity contribution < 1.29 is 0 Å². The Balaban J connectivity index is 1.94. The second-order valence-corrected chi connectivity index (χ2v) is 4.16. The smallest absolute Gasteiger partial charge is 0.133 e. The molecular formula is C13H16N6. The first-order valence-electron chi connectivity index (χ1n) is 6.05. The molecule has 0 atom stereocenters. The minimum absolute atomic E-state index is 0.240. The zero-order chi connectivity index (χ0) is 13.5. The van der Waals surface area contributed by atoms with Crippen molar-refractivity contribution in [3.05, 3.63) is 36.4 Å². The molecule has 2 aromatic rings. The predicted octanol–water partition coefficient (Wildman–Crippen LogP) is 1.42. The zero-order valence-electron chi connectivity index (χ0n) is 10.8. The van der Waals surface area contributed by atoms with Crippen molar-refractivity contribution in [2.45, 2.75) is 6.42 Å². The van der Waals surface area contributed by atoms with Gasteiger partial charge in [0.1, 0.15) is 24.5 Å². The fraction of sp³-hybridized carbons (Fsp3) is 0.308. The molecule has 0 bridgehead atoms. The highest BCUT2D eigenvalue weighted by molar-refractivity contribution is 5.48. The molecule has 98 valence electrons. The fourth-order valence-electron chi connectivity index (χ4n) is 1.71. The summed E-state index contributed by atoms with van der Waals surface area (Å²) in [6.45, 7) is 1.11. The first-order valence-corrected chi connectivity index (χ1v) is 6.05. The summed E-state index contributed by atoms with van der Waals surface area (Å²) < 4.78 is 0. The zero-order valence-corrected chi connectivity index (χ0v) is 10.8. The standard InChI is InChI=1S/C13H16N6/c1-19(7-3-11-2-5-15-9-11)13-8-12(16-6-4-14)17-10-18-13/h2,5,8-10,15H,3,6-7H2,1H3,(H,16,17,18). The lowest BCUT2D eigenvalue weighted by molar-refractivity contribution is 0.856. The van der Waals surface area contributed by atoms with Crippen LogP contribution in [0.15, 0.2) is 30.9 Å². The van der Waals surface area contributed by atoms with Gasteiger partial charge in [-0.1, -0.05) is 0 Å². The maximum absolute atomic E-state index is 8.53. The quantitative estimate of drug-likeness (QED) is 0.764. The number of aromatic nitrogens is 3. The van der Waals surface area contributed by atoms with Crippen LogP contribution in [0, 0.1) is 11.3 Å². The Morgan fingerprint density at radius 2 is 2.37 bits per heavy atom. The van der Waals surface area contributed by atoms with Gasteiger partial charge < -0.3 is 15.2 Å². The van der Waals surface area contributed by atoms with Crippen molar-refractivity contribution in [1.29, 1.82) is 5.26 Å². The van der Waals surface area contributed by atoms with E-state index in [4.69, 9.17) is 5.26 Å². The normalized spacial score (nSPS) is 9.89. The highest BCUT2D eigenvalue weighted by Crippen LogP contribution is 2.13. The number of likely N-dealkylation sites (N-methyl/N-ethyl adjacent to an activating group) is 1. The van der Waals surface area contributed by atoms with Gasteiger partial charge in [0.2, 0.25) is 0 Å². The van der Waals surface area contributed by atoms with E-state index in [-0.39, 0.29) is 6.54 Å². The SMILES string of the molecule is CN(CCc1cc[nH]c1)c1cc(NCC#N)ncn1. The van der Waals surface area contributed by atoms with Crippen LogP contribution in [-0.2, 0) is 6.42 Å². The van der Waals surface area contributed by atoms with Crippen molar-refractivity contribution in [3.8, 4) is 6.07 Å².